The molecule has 0 spiro atoms. The molecule has 0 amide bonds. The summed E-state index contributed by atoms with van der Waals surface area (Å²) in [7, 11) is 0. The first-order chi connectivity index (χ1) is 8.24. The number of aromatic amines is 1. The van der Waals surface area contributed by atoms with Gasteiger partial charge in [0.15, 0.2) is 0 Å². The Morgan fingerprint density at radius 1 is 1.29 bits per heavy atom. The zero-order valence-electron chi connectivity index (χ0n) is 9.37. The maximum absolute atomic E-state index is 11.6. The second-order valence-electron chi connectivity index (χ2n) is 4.60. The van der Waals surface area contributed by atoms with Crippen LogP contribution in [0.5, 0.6) is 0 Å². The Hall–Kier alpha value is -1.16. The van der Waals surface area contributed by atoms with Gasteiger partial charge in [0.2, 0.25) is 0 Å². The Morgan fingerprint density at radius 3 is 2.82 bits per heavy atom. The molecule has 0 aliphatic heterocycles. The molecule has 1 heterocycles. The van der Waals surface area contributed by atoms with Crippen LogP contribution in [-0.2, 0) is 0 Å². The van der Waals surface area contributed by atoms with Gasteiger partial charge in [-0.1, -0.05) is 28.8 Å². The van der Waals surface area contributed by atoms with Crippen LogP contribution >= 0.6 is 15.9 Å². The predicted octanol–water partition coefficient (Wildman–Crippen LogP) is 3.34. The molecule has 3 rings (SSSR count). The molecule has 0 bridgehead atoms. The van der Waals surface area contributed by atoms with E-state index in [1.54, 1.807) is 0 Å². The fourth-order valence-electron chi connectivity index (χ4n) is 2.68. The third-order valence-corrected chi connectivity index (χ3v) is 3.97. The smallest absolute Gasteiger partial charge is 0.309 e. The highest BCUT2D eigenvalue weighted by Crippen LogP contribution is 2.35. The SMILES string of the molecule is O=c1nc2cc(Br)ccc2c(C2CCCC2)[nH]1. The van der Waals surface area contributed by atoms with Gasteiger partial charge in [0, 0.05) is 15.6 Å². The predicted molar refractivity (Wildman–Crippen MR) is 71.3 cm³/mol. The van der Waals surface area contributed by atoms with Gasteiger partial charge in [-0.2, -0.15) is 4.98 Å². The van der Waals surface area contributed by atoms with Gasteiger partial charge in [0.1, 0.15) is 0 Å². The number of benzene rings is 1. The van der Waals surface area contributed by atoms with Gasteiger partial charge in [-0.05, 0) is 37.0 Å². The molecule has 0 saturated heterocycles. The molecule has 3 nitrogen and oxygen atoms in total. The molecule has 1 saturated carbocycles. The van der Waals surface area contributed by atoms with Gasteiger partial charge in [0.25, 0.3) is 0 Å². The lowest BCUT2D eigenvalue weighted by molar-refractivity contribution is 0.698. The quantitative estimate of drug-likeness (QED) is 0.876. The van der Waals surface area contributed by atoms with E-state index in [1.165, 1.54) is 25.7 Å². The van der Waals surface area contributed by atoms with Crippen molar-refractivity contribution in [3.05, 3.63) is 38.9 Å². The minimum Gasteiger partial charge on any atom is -0.309 e. The van der Waals surface area contributed by atoms with Crippen LogP contribution in [0.3, 0.4) is 0 Å². The number of hydrogen-bond donors (Lipinski definition) is 1. The normalized spacial score (nSPS) is 16.8. The van der Waals surface area contributed by atoms with Crippen molar-refractivity contribution in [1.82, 2.24) is 9.97 Å². The molecular weight excluding hydrogens is 280 g/mol. The van der Waals surface area contributed by atoms with E-state index < -0.39 is 0 Å². The summed E-state index contributed by atoms with van der Waals surface area (Å²) >= 11 is 3.41. The molecule has 4 heteroatoms. The monoisotopic (exact) mass is 292 g/mol. The van der Waals surface area contributed by atoms with Crippen LogP contribution in [0.4, 0.5) is 0 Å². The second kappa shape index (κ2) is 4.26. The average molecular weight is 293 g/mol. The molecule has 1 fully saturated rings. The van der Waals surface area contributed by atoms with E-state index in [0.29, 0.717) is 5.92 Å². The number of nitrogens with zero attached hydrogens (tertiary/aromatic N) is 1. The summed E-state index contributed by atoms with van der Waals surface area (Å²) < 4.78 is 0.959. The van der Waals surface area contributed by atoms with Crippen LogP contribution in [-0.4, -0.2) is 9.97 Å². The Bertz CT molecular complexity index is 614. The van der Waals surface area contributed by atoms with Crippen LogP contribution in [0.15, 0.2) is 27.5 Å². The average Bonchev–Trinajstić information content (AvgIpc) is 2.80. The van der Waals surface area contributed by atoms with Crippen molar-refractivity contribution in [1.29, 1.82) is 0 Å². The molecule has 1 aliphatic rings. The zero-order chi connectivity index (χ0) is 11.8. The third kappa shape index (κ3) is 2.02. The van der Waals surface area contributed by atoms with Crippen molar-refractivity contribution in [2.75, 3.05) is 0 Å². The first-order valence-corrected chi connectivity index (χ1v) is 6.73. The van der Waals surface area contributed by atoms with E-state index in [-0.39, 0.29) is 5.69 Å². The van der Waals surface area contributed by atoms with Gasteiger partial charge in [-0.3, -0.25) is 0 Å². The van der Waals surface area contributed by atoms with Crippen molar-refractivity contribution in [3.8, 4) is 0 Å². The van der Waals surface area contributed by atoms with Gasteiger partial charge in [-0.15, -0.1) is 0 Å². The summed E-state index contributed by atoms with van der Waals surface area (Å²) in [5, 5.41) is 1.08. The summed E-state index contributed by atoms with van der Waals surface area (Å²) in [6, 6.07) is 5.94. The van der Waals surface area contributed by atoms with Crippen LogP contribution in [0.2, 0.25) is 0 Å². The first kappa shape index (κ1) is 11.0. The number of halogens is 1. The minimum absolute atomic E-state index is 0.238. The summed E-state index contributed by atoms with van der Waals surface area (Å²) in [4.78, 5) is 18.5. The molecule has 0 unspecified atom stereocenters. The number of aromatic nitrogens is 2. The first-order valence-electron chi connectivity index (χ1n) is 5.93. The summed E-state index contributed by atoms with van der Waals surface area (Å²) in [5.74, 6) is 0.495. The lowest BCUT2D eigenvalue weighted by atomic mass is 9.99. The van der Waals surface area contributed by atoms with Crippen molar-refractivity contribution in [3.63, 3.8) is 0 Å². The standard InChI is InChI=1S/C13H13BrN2O/c14-9-5-6-10-11(7-9)15-13(17)16-12(10)8-3-1-2-4-8/h5-8H,1-4H2,(H,15,16,17). The van der Waals surface area contributed by atoms with Crippen LogP contribution in [0.1, 0.15) is 37.3 Å². The molecule has 17 heavy (non-hydrogen) atoms. The molecule has 2 aromatic rings. The lowest BCUT2D eigenvalue weighted by Crippen LogP contribution is -2.14. The zero-order valence-corrected chi connectivity index (χ0v) is 11.0. The maximum atomic E-state index is 11.6. The van der Waals surface area contributed by atoms with Crippen molar-refractivity contribution in [2.24, 2.45) is 0 Å². The Labute approximate surface area is 107 Å². The van der Waals surface area contributed by atoms with E-state index in [9.17, 15) is 4.79 Å². The highest BCUT2D eigenvalue weighted by Gasteiger charge is 2.20. The number of hydrogen-bond acceptors (Lipinski definition) is 2. The van der Waals surface area contributed by atoms with Gasteiger partial charge < -0.3 is 4.98 Å². The third-order valence-electron chi connectivity index (χ3n) is 3.48. The highest BCUT2D eigenvalue weighted by atomic mass is 79.9. The molecule has 1 aromatic carbocycles. The van der Waals surface area contributed by atoms with E-state index in [1.807, 2.05) is 18.2 Å². The van der Waals surface area contributed by atoms with E-state index in [2.05, 4.69) is 25.9 Å². The number of H-pyrrole nitrogens is 1. The van der Waals surface area contributed by atoms with Gasteiger partial charge >= 0.3 is 5.69 Å². The molecule has 0 atom stereocenters. The van der Waals surface area contributed by atoms with E-state index >= 15 is 0 Å². The number of fused-ring (bicyclic) bond motifs is 1. The number of nitrogens with one attached hydrogen (secondary N) is 1. The van der Waals surface area contributed by atoms with E-state index in [0.717, 1.165) is 21.1 Å². The fourth-order valence-corrected chi connectivity index (χ4v) is 3.03. The largest absolute Gasteiger partial charge is 0.345 e. The van der Waals surface area contributed by atoms with Crippen LogP contribution in [0, 0.1) is 0 Å². The molecule has 88 valence electrons. The second-order valence-corrected chi connectivity index (χ2v) is 5.51. The lowest BCUT2D eigenvalue weighted by Gasteiger charge is -2.11. The van der Waals surface area contributed by atoms with Crippen LogP contribution in [0.25, 0.3) is 10.9 Å². The minimum atomic E-state index is -0.238. The molecule has 1 N–H and O–H groups in total. The molecule has 1 aliphatic carbocycles. The van der Waals surface area contributed by atoms with Gasteiger partial charge in [0.05, 0.1) is 5.52 Å². The Balaban J connectivity index is 2.25. The van der Waals surface area contributed by atoms with Crippen molar-refractivity contribution >= 4 is 26.8 Å². The van der Waals surface area contributed by atoms with Crippen LogP contribution < -0.4 is 5.69 Å². The Kier molecular flexibility index (Phi) is 2.74. The van der Waals surface area contributed by atoms with E-state index in [4.69, 9.17) is 0 Å². The van der Waals surface area contributed by atoms with Crippen molar-refractivity contribution in [2.45, 2.75) is 31.6 Å². The summed E-state index contributed by atoms with van der Waals surface area (Å²) in [6.07, 6.45) is 4.86. The Morgan fingerprint density at radius 2 is 2.06 bits per heavy atom. The maximum Gasteiger partial charge on any atom is 0.345 e. The summed E-state index contributed by atoms with van der Waals surface area (Å²) in [6.45, 7) is 0. The number of rotatable bonds is 1. The summed E-state index contributed by atoms with van der Waals surface area (Å²) in [5.41, 5.74) is 1.62. The fraction of sp³-hybridized carbons (Fsp3) is 0.385. The molecule has 1 aromatic heterocycles. The molecular formula is C13H13BrN2O. The van der Waals surface area contributed by atoms with Gasteiger partial charge in [-0.25, -0.2) is 4.79 Å². The topological polar surface area (TPSA) is 45.8 Å². The van der Waals surface area contributed by atoms with Crippen molar-refractivity contribution < 1.29 is 0 Å². The molecule has 0 radical (unpaired) electrons. The highest BCUT2D eigenvalue weighted by molar-refractivity contribution is 9.10.